The van der Waals surface area contributed by atoms with Crippen LogP contribution in [0.1, 0.15) is 50.1 Å². The second-order valence-corrected chi connectivity index (χ2v) is 33.9. The maximum Gasteiger partial charge on any atom is 0.252 e. The summed E-state index contributed by atoms with van der Waals surface area (Å²) in [6, 6.07) is 118. The van der Waals surface area contributed by atoms with E-state index in [-0.39, 0.29) is 20.1 Å². The molecule has 0 unspecified atom stereocenters. The van der Waals surface area contributed by atoms with E-state index in [2.05, 4.69) is 401 Å². The number of rotatable bonds is 12. The van der Waals surface area contributed by atoms with Crippen molar-refractivity contribution >= 4 is 172 Å². The Morgan fingerprint density at radius 1 is 0.167 bits per heavy atom. The predicted octanol–water partition coefficient (Wildman–Crippen LogP) is 21.7. The van der Waals surface area contributed by atoms with Crippen molar-refractivity contribution in [2.75, 3.05) is 50.7 Å². The van der Waals surface area contributed by atoms with Crippen molar-refractivity contribution in [1.82, 2.24) is 0 Å². The fraction of sp³-hybridized carbons (Fsp3) is 0.111. The molecule has 0 spiro atoms. The highest BCUT2D eigenvalue weighted by molar-refractivity contribution is 7.02. The van der Waals surface area contributed by atoms with Crippen LogP contribution in [0.4, 0.5) is 102 Å². The molecule has 12 heteroatoms. The molecule has 0 radical (unpaired) electrons. The number of nitrogens with zero attached hydrogens (tertiary/aromatic N) is 6. The van der Waals surface area contributed by atoms with Crippen LogP contribution in [0.25, 0.3) is 33.4 Å². The number of fused-ring (bicyclic) bond motifs is 12. The average molecular weight is 1550 g/mol. The van der Waals surface area contributed by atoms with E-state index < -0.39 is 0 Å². The zero-order valence-corrected chi connectivity index (χ0v) is 69.6. The first-order valence-electron chi connectivity index (χ1n) is 41.8. The summed E-state index contributed by atoms with van der Waals surface area (Å²) in [5.41, 5.74) is 49.4. The standard InChI is InChI=1S/C108H87B3N6O3/c1-64-13-25-79(26-14-64)112-94-43-19-67(4)49-88(94)109-91-61-73(22-46-97(91)115(82-31-37-85(118-10)38-32-82)103-55-70(7)52-100(112)106(103)109)76-58-77(74-23-47-98-92(62-74)110-89-50-68(5)20-44-95(89)113(80-27-15-65(2)16-28-80)101-53-71(8)56-104(107(101)110)116(98)83-33-39-86(119-11)40-34-83)60-78(59-76)75-24-48-99-93(63-75)111-90-51-69(6)21-45-96(90)114(81-29-17-66(3)18-30-81)102-54-72(9)57-105(108(102)111)117(99)84-35-41-87(120-12)42-36-84/h13-63H,1-12H3. The van der Waals surface area contributed by atoms with Gasteiger partial charge < -0.3 is 43.6 Å². The van der Waals surface area contributed by atoms with Gasteiger partial charge in [0, 0.05) is 102 Å². The lowest BCUT2D eigenvalue weighted by molar-refractivity contribution is 0.414. The van der Waals surface area contributed by atoms with E-state index in [4.69, 9.17) is 14.2 Å². The minimum absolute atomic E-state index is 0.135. The van der Waals surface area contributed by atoms with Gasteiger partial charge in [0.15, 0.2) is 0 Å². The van der Waals surface area contributed by atoms with Crippen LogP contribution < -0.4 is 92.8 Å². The van der Waals surface area contributed by atoms with Crippen LogP contribution in [-0.4, -0.2) is 41.5 Å². The van der Waals surface area contributed by atoms with Gasteiger partial charge in [-0.1, -0.05) is 143 Å². The number of methoxy groups -OCH3 is 3. The van der Waals surface area contributed by atoms with Crippen molar-refractivity contribution in [3.63, 3.8) is 0 Å². The summed E-state index contributed by atoms with van der Waals surface area (Å²) < 4.78 is 17.6. The maximum atomic E-state index is 5.87. The molecule has 120 heavy (non-hydrogen) atoms. The van der Waals surface area contributed by atoms with Crippen LogP contribution in [0.3, 0.4) is 0 Å². The van der Waals surface area contributed by atoms with Gasteiger partial charge in [0.05, 0.1) is 21.3 Å². The van der Waals surface area contributed by atoms with Gasteiger partial charge in [0.25, 0.3) is 20.1 Å². The van der Waals surface area contributed by atoms with Gasteiger partial charge in [-0.3, -0.25) is 0 Å². The zero-order valence-electron chi connectivity index (χ0n) is 69.6. The number of hydrogen-bond donors (Lipinski definition) is 0. The van der Waals surface area contributed by atoms with Crippen LogP contribution in [-0.2, 0) is 0 Å². The first-order valence-corrected chi connectivity index (χ1v) is 41.8. The molecule has 6 aliphatic heterocycles. The van der Waals surface area contributed by atoms with Crippen LogP contribution in [0.5, 0.6) is 17.2 Å². The minimum atomic E-state index is -0.135. The highest BCUT2D eigenvalue weighted by Gasteiger charge is 2.48. The van der Waals surface area contributed by atoms with Gasteiger partial charge in [-0.2, -0.15) is 0 Å². The fourth-order valence-corrected chi connectivity index (χ4v) is 20.4. The Bertz CT molecular complexity index is 6280. The Morgan fingerprint density at radius 2 is 0.358 bits per heavy atom. The molecule has 0 saturated carbocycles. The normalized spacial score (nSPS) is 13.3. The lowest BCUT2D eigenvalue weighted by Gasteiger charge is -2.44. The van der Waals surface area contributed by atoms with E-state index in [0.717, 1.165) is 119 Å². The molecule has 6 aliphatic rings. The maximum absolute atomic E-state index is 5.87. The highest BCUT2D eigenvalue weighted by Crippen LogP contribution is 2.51. The van der Waals surface area contributed by atoms with E-state index in [1.165, 1.54) is 133 Å². The first kappa shape index (κ1) is 72.4. The summed E-state index contributed by atoms with van der Waals surface area (Å²) in [6.07, 6.45) is 0. The van der Waals surface area contributed by atoms with Crippen LogP contribution >= 0.6 is 0 Å². The third-order valence-corrected chi connectivity index (χ3v) is 25.9. The Kier molecular flexibility index (Phi) is 16.8. The van der Waals surface area contributed by atoms with E-state index >= 15 is 0 Å². The summed E-state index contributed by atoms with van der Waals surface area (Å²) >= 11 is 0. The molecule has 9 nitrogen and oxygen atoms in total. The van der Waals surface area contributed by atoms with Crippen molar-refractivity contribution in [3.05, 3.63) is 359 Å². The second kappa shape index (κ2) is 27.8. The zero-order chi connectivity index (χ0) is 81.4. The van der Waals surface area contributed by atoms with Gasteiger partial charge in [0.2, 0.25) is 0 Å². The molecule has 0 saturated heterocycles. The highest BCUT2D eigenvalue weighted by atomic mass is 16.5. The number of ether oxygens (including phenoxy) is 3. The van der Waals surface area contributed by atoms with Gasteiger partial charge in [0.1, 0.15) is 17.2 Å². The molecule has 22 rings (SSSR count). The summed E-state index contributed by atoms with van der Waals surface area (Å²) in [4.78, 5) is 15.1. The van der Waals surface area contributed by atoms with Gasteiger partial charge >= 0.3 is 0 Å². The van der Waals surface area contributed by atoms with Crippen molar-refractivity contribution in [1.29, 1.82) is 0 Å². The largest absolute Gasteiger partial charge is 0.497 e. The summed E-state index contributed by atoms with van der Waals surface area (Å²) in [6.45, 7) is 19.6. The smallest absolute Gasteiger partial charge is 0.252 e. The molecule has 16 aromatic rings. The number of aryl methyl sites for hydroxylation is 9. The molecular weight excluding hydrogens is 1460 g/mol. The molecule has 576 valence electrons. The molecular formula is C108H87B3N6O3. The molecule has 0 aromatic heterocycles. The van der Waals surface area contributed by atoms with Crippen LogP contribution in [0, 0.1) is 62.3 Å². The lowest BCUT2D eigenvalue weighted by atomic mass is 9.33. The Balaban J connectivity index is 0.800. The molecule has 6 heterocycles. The number of anilines is 18. The van der Waals surface area contributed by atoms with Gasteiger partial charge in [-0.15, -0.1) is 0 Å². The average Bonchev–Trinajstić information content (AvgIpc) is 0.706. The Labute approximate surface area is 704 Å². The summed E-state index contributed by atoms with van der Waals surface area (Å²) in [7, 11) is 5.24. The van der Waals surface area contributed by atoms with E-state index in [0.29, 0.717) is 0 Å². The van der Waals surface area contributed by atoms with Crippen molar-refractivity contribution in [3.8, 4) is 50.6 Å². The second-order valence-electron chi connectivity index (χ2n) is 33.9. The number of benzene rings is 16. The molecule has 16 aromatic carbocycles. The fourth-order valence-electron chi connectivity index (χ4n) is 20.4. The first-order chi connectivity index (χ1) is 58.5. The Morgan fingerprint density at radius 3 is 0.575 bits per heavy atom. The predicted molar refractivity (Wildman–Crippen MR) is 507 cm³/mol. The molecule has 0 N–H and O–H groups in total. The molecule has 0 atom stereocenters. The van der Waals surface area contributed by atoms with Crippen molar-refractivity contribution in [2.45, 2.75) is 62.3 Å². The monoisotopic (exact) mass is 1550 g/mol. The van der Waals surface area contributed by atoms with Crippen LogP contribution in [0.2, 0.25) is 0 Å². The molecule has 0 fully saturated rings. The Hall–Kier alpha value is -14.1. The molecule has 0 bridgehead atoms. The van der Waals surface area contributed by atoms with Crippen molar-refractivity contribution in [2.24, 2.45) is 0 Å². The molecule has 0 amide bonds. The minimum Gasteiger partial charge on any atom is -0.497 e. The summed E-state index contributed by atoms with van der Waals surface area (Å²) in [5.74, 6) is 2.43. The lowest BCUT2D eigenvalue weighted by Crippen LogP contribution is -2.61. The third-order valence-electron chi connectivity index (χ3n) is 25.9. The SMILES string of the molecule is COc1ccc(N2c3ccc(-c4cc(-c5ccc6c(c5)B5c7cc(C)ccc7N(c7ccc(C)cc7)c7cc(C)cc(c75)N6c5ccc(OC)cc5)cc(-c5ccc6c(c5)B5c7cc(C)ccc7N(c7ccc(C)cc7)c7cc(C)cc(c75)N6c5ccc(OC)cc5)c4)cc3B3c4cc(C)ccc4N(c4ccc(C)cc4)c4cc(C)cc2c43)cc1. The third kappa shape index (κ3) is 11.5. The van der Waals surface area contributed by atoms with Crippen molar-refractivity contribution < 1.29 is 14.2 Å². The van der Waals surface area contributed by atoms with Gasteiger partial charge in [-0.25, -0.2) is 0 Å². The molecule has 0 aliphatic carbocycles. The van der Waals surface area contributed by atoms with E-state index in [9.17, 15) is 0 Å². The van der Waals surface area contributed by atoms with Crippen LogP contribution in [0.15, 0.2) is 309 Å². The quantitative estimate of drug-likeness (QED) is 0.111. The summed E-state index contributed by atoms with van der Waals surface area (Å²) in [5, 5.41) is 0. The topological polar surface area (TPSA) is 47.1 Å². The van der Waals surface area contributed by atoms with E-state index in [1.807, 2.05) is 0 Å². The number of hydrogen-bond acceptors (Lipinski definition) is 9. The van der Waals surface area contributed by atoms with E-state index in [1.54, 1.807) is 21.3 Å². The van der Waals surface area contributed by atoms with Gasteiger partial charge in [-0.05, 0) is 362 Å².